The highest BCUT2D eigenvalue weighted by Gasteiger charge is 2.25. The number of pyridine rings is 1. The molecule has 0 bridgehead atoms. The van der Waals surface area contributed by atoms with Crippen molar-refractivity contribution in [1.82, 2.24) is 19.9 Å². The molecule has 0 radical (unpaired) electrons. The molecule has 3 heterocycles. The van der Waals surface area contributed by atoms with Gasteiger partial charge in [-0.3, -0.25) is 4.98 Å². The Morgan fingerprint density at radius 2 is 1.79 bits per heavy atom. The zero-order chi connectivity index (χ0) is 27.4. The lowest BCUT2D eigenvalue weighted by Crippen LogP contribution is -2.31. The summed E-state index contributed by atoms with van der Waals surface area (Å²) >= 11 is 1.55. The van der Waals surface area contributed by atoms with Gasteiger partial charge in [0.15, 0.2) is 0 Å². The van der Waals surface area contributed by atoms with E-state index >= 15 is 0 Å². The molecule has 0 aliphatic carbocycles. The van der Waals surface area contributed by atoms with E-state index in [1.807, 2.05) is 33.8 Å². The first kappa shape index (κ1) is 27.8. The molecule has 0 aliphatic heterocycles. The number of aryl methyl sites for hydroxylation is 2. The van der Waals surface area contributed by atoms with Crippen molar-refractivity contribution in [3.8, 4) is 10.6 Å². The summed E-state index contributed by atoms with van der Waals surface area (Å²) in [5.74, 6) is -0.330. The summed E-state index contributed by atoms with van der Waals surface area (Å²) in [6.07, 6.45) is 4.13. The Bertz CT molecular complexity index is 1400. The Labute approximate surface area is 225 Å². The maximum atomic E-state index is 14.2. The Morgan fingerprint density at radius 1 is 1.05 bits per heavy atom. The first-order chi connectivity index (χ1) is 18.1. The molecule has 38 heavy (non-hydrogen) atoms. The zero-order valence-corrected chi connectivity index (χ0v) is 23.2. The van der Waals surface area contributed by atoms with Gasteiger partial charge in [-0.05, 0) is 57.7 Å². The van der Waals surface area contributed by atoms with Crippen LogP contribution in [-0.2, 0) is 13.0 Å². The lowest BCUT2D eigenvalue weighted by Gasteiger charge is -2.28. The fourth-order valence-corrected chi connectivity index (χ4v) is 5.68. The van der Waals surface area contributed by atoms with Crippen molar-refractivity contribution in [2.24, 2.45) is 5.92 Å². The highest BCUT2D eigenvalue weighted by atomic mass is 32.1. The minimum atomic E-state index is -0.798. The van der Waals surface area contributed by atoms with Gasteiger partial charge in [0.05, 0.1) is 27.3 Å². The van der Waals surface area contributed by atoms with Crippen LogP contribution in [0.25, 0.3) is 20.8 Å². The predicted molar refractivity (Wildman–Crippen MR) is 149 cm³/mol. The molecule has 1 unspecified atom stereocenters. The summed E-state index contributed by atoms with van der Waals surface area (Å²) in [7, 11) is 0. The molecular weight excluding hydrogens is 506 g/mol. The van der Waals surface area contributed by atoms with Crippen LogP contribution in [0.3, 0.4) is 0 Å². The number of hydrogen-bond donors (Lipinski definition) is 3. The van der Waals surface area contributed by atoms with Gasteiger partial charge in [-0.15, -0.1) is 11.3 Å². The molecule has 0 fully saturated rings. The number of nitrogens with zero attached hydrogens (tertiary/aromatic N) is 4. The van der Waals surface area contributed by atoms with Gasteiger partial charge in [0.25, 0.3) is 0 Å². The van der Waals surface area contributed by atoms with Crippen molar-refractivity contribution in [2.45, 2.75) is 66.0 Å². The van der Waals surface area contributed by atoms with Gasteiger partial charge in [0.1, 0.15) is 28.0 Å². The summed E-state index contributed by atoms with van der Waals surface area (Å²) in [5.41, 5.74) is 2.37. The second-order valence-electron chi connectivity index (χ2n) is 9.86. The number of thiazole rings is 1. The van der Waals surface area contributed by atoms with E-state index in [9.17, 15) is 13.9 Å². The lowest BCUT2D eigenvalue weighted by atomic mass is 9.86. The number of aromatic nitrogens is 4. The second-order valence-corrected chi connectivity index (χ2v) is 10.9. The van der Waals surface area contributed by atoms with Crippen molar-refractivity contribution in [2.75, 3.05) is 17.2 Å². The third-order valence-electron chi connectivity index (χ3n) is 6.78. The predicted octanol–water partition coefficient (Wildman–Crippen LogP) is 6.51. The SMILES string of the molecule is CCc1nccc2sc(-c3c(C)nc(NCc4c(F)cccc4F)nc3NCCC(CC)C(C)(C)O)nc12. The Kier molecular flexibility index (Phi) is 8.52. The number of rotatable bonds is 11. The summed E-state index contributed by atoms with van der Waals surface area (Å²) in [6, 6.07) is 5.73. The number of hydrogen-bond acceptors (Lipinski definition) is 8. The summed E-state index contributed by atoms with van der Waals surface area (Å²) < 4.78 is 29.4. The van der Waals surface area contributed by atoms with E-state index in [4.69, 9.17) is 9.97 Å². The van der Waals surface area contributed by atoms with Gasteiger partial charge in [0.2, 0.25) is 5.95 Å². The average Bonchev–Trinajstić information content (AvgIpc) is 3.29. The van der Waals surface area contributed by atoms with Crippen molar-refractivity contribution in [3.05, 3.63) is 59.0 Å². The molecular formula is C28H34F2N6OS. The average molecular weight is 541 g/mol. The number of benzene rings is 1. The molecule has 3 N–H and O–H groups in total. The fourth-order valence-electron chi connectivity index (χ4n) is 4.60. The molecule has 7 nitrogen and oxygen atoms in total. The van der Waals surface area contributed by atoms with Crippen LogP contribution in [-0.4, -0.2) is 37.2 Å². The maximum Gasteiger partial charge on any atom is 0.225 e. The van der Waals surface area contributed by atoms with Crippen molar-refractivity contribution in [3.63, 3.8) is 0 Å². The molecule has 4 rings (SSSR count). The molecule has 0 spiro atoms. The number of halogens is 2. The van der Waals surface area contributed by atoms with Gasteiger partial charge < -0.3 is 15.7 Å². The van der Waals surface area contributed by atoms with Crippen LogP contribution >= 0.6 is 11.3 Å². The van der Waals surface area contributed by atoms with Gasteiger partial charge in [-0.2, -0.15) is 4.98 Å². The normalized spacial score (nSPS) is 12.6. The fraction of sp³-hybridized carbons (Fsp3) is 0.429. The Balaban J connectivity index is 1.69. The van der Waals surface area contributed by atoms with Crippen LogP contribution < -0.4 is 10.6 Å². The monoisotopic (exact) mass is 540 g/mol. The molecule has 202 valence electrons. The van der Waals surface area contributed by atoms with Crippen molar-refractivity contribution < 1.29 is 13.9 Å². The van der Waals surface area contributed by atoms with E-state index in [2.05, 4.69) is 27.5 Å². The zero-order valence-electron chi connectivity index (χ0n) is 22.4. The molecule has 0 saturated heterocycles. The highest BCUT2D eigenvalue weighted by molar-refractivity contribution is 7.21. The van der Waals surface area contributed by atoms with E-state index in [0.717, 1.165) is 45.7 Å². The van der Waals surface area contributed by atoms with E-state index in [1.165, 1.54) is 18.2 Å². The van der Waals surface area contributed by atoms with Gasteiger partial charge in [-0.25, -0.2) is 18.7 Å². The lowest BCUT2D eigenvalue weighted by molar-refractivity contribution is 0.0130. The first-order valence-electron chi connectivity index (χ1n) is 12.9. The van der Waals surface area contributed by atoms with Crippen LogP contribution in [0.1, 0.15) is 57.5 Å². The van der Waals surface area contributed by atoms with Crippen molar-refractivity contribution >= 4 is 33.3 Å². The van der Waals surface area contributed by atoms with E-state index in [1.54, 1.807) is 17.5 Å². The van der Waals surface area contributed by atoms with Crippen LogP contribution in [0.15, 0.2) is 30.5 Å². The van der Waals surface area contributed by atoms with E-state index in [0.29, 0.717) is 18.1 Å². The van der Waals surface area contributed by atoms with E-state index < -0.39 is 17.2 Å². The molecule has 1 aromatic carbocycles. The van der Waals surface area contributed by atoms with Crippen LogP contribution in [0, 0.1) is 24.5 Å². The third-order valence-corrected chi connectivity index (χ3v) is 7.82. The molecule has 3 aromatic heterocycles. The highest BCUT2D eigenvalue weighted by Crippen LogP contribution is 2.37. The maximum absolute atomic E-state index is 14.2. The smallest absolute Gasteiger partial charge is 0.225 e. The third kappa shape index (κ3) is 6.07. The quantitative estimate of drug-likeness (QED) is 0.200. The standard InChI is InChI=1S/C28H34F2N6OS/c1-6-17(28(4,5)37)11-13-32-25-23(26-35-24-21(7-2)31-14-12-22(24)38-26)16(3)34-27(36-25)33-15-18-19(29)9-8-10-20(18)30/h8-10,12,14,17,37H,6-7,11,13,15H2,1-5H3,(H2,32,33,34,36). The number of aliphatic hydroxyl groups is 1. The number of nitrogens with one attached hydrogen (secondary N) is 2. The van der Waals surface area contributed by atoms with Gasteiger partial charge >= 0.3 is 0 Å². The van der Waals surface area contributed by atoms with Gasteiger partial charge in [0, 0.05) is 24.8 Å². The first-order valence-corrected chi connectivity index (χ1v) is 13.7. The topological polar surface area (TPSA) is 95.9 Å². The number of anilines is 2. The minimum absolute atomic E-state index is 0.0749. The molecule has 10 heteroatoms. The Hall–Kier alpha value is -3.24. The molecule has 4 aromatic rings. The van der Waals surface area contributed by atoms with E-state index in [-0.39, 0.29) is 24.0 Å². The Morgan fingerprint density at radius 3 is 2.45 bits per heavy atom. The van der Waals surface area contributed by atoms with Crippen LogP contribution in [0.4, 0.5) is 20.5 Å². The largest absolute Gasteiger partial charge is 0.390 e. The minimum Gasteiger partial charge on any atom is -0.390 e. The summed E-state index contributed by atoms with van der Waals surface area (Å²) in [4.78, 5) is 18.7. The van der Waals surface area contributed by atoms with Crippen LogP contribution in [0.2, 0.25) is 0 Å². The van der Waals surface area contributed by atoms with Crippen molar-refractivity contribution in [1.29, 1.82) is 0 Å². The summed E-state index contributed by atoms with van der Waals surface area (Å²) in [5, 5.41) is 17.7. The molecule has 0 aliphatic rings. The van der Waals surface area contributed by atoms with Gasteiger partial charge in [-0.1, -0.05) is 26.3 Å². The number of fused-ring (bicyclic) bond motifs is 1. The van der Waals surface area contributed by atoms with Crippen LogP contribution in [0.5, 0.6) is 0 Å². The second kappa shape index (κ2) is 11.7. The molecule has 0 amide bonds. The molecule has 0 saturated carbocycles. The molecule has 1 atom stereocenters. The summed E-state index contributed by atoms with van der Waals surface area (Å²) in [6.45, 7) is 10.1.